The predicted octanol–water partition coefficient (Wildman–Crippen LogP) is 3.80. The molecular weight excluding hydrogens is 354 g/mol. The summed E-state index contributed by atoms with van der Waals surface area (Å²) in [5, 5.41) is 26.3. The van der Waals surface area contributed by atoms with E-state index in [1.165, 1.54) is 0 Å². The maximum Gasteiger partial charge on any atom is 0.337 e. The summed E-state index contributed by atoms with van der Waals surface area (Å²) in [5.74, 6) is 0. The number of hydrogen-bond acceptors (Lipinski definition) is 6. The number of carbonyl (C=O) groups excluding carboxylic acids is 1. The van der Waals surface area contributed by atoms with Gasteiger partial charge in [0.15, 0.2) is 0 Å². The number of carbonyl (C=O) groups is 1. The van der Waals surface area contributed by atoms with Gasteiger partial charge < -0.3 is 5.32 Å². The maximum atomic E-state index is 12.1. The first kappa shape index (κ1) is 17.6. The summed E-state index contributed by atoms with van der Waals surface area (Å²) in [6.07, 6.45) is 0. The van der Waals surface area contributed by atoms with Gasteiger partial charge in [0.1, 0.15) is 5.69 Å². The van der Waals surface area contributed by atoms with E-state index in [2.05, 4.69) is 16.2 Å². The smallest absolute Gasteiger partial charge is 0.306 e. The number of hydrogen-bond donors (Lipinski definition) is 3. The molecule has 136 valence electrons. The van der Waals surface area contributed by atoms with Crippen LogP contribution in [0.2, 0.25) is 0 Å². The van der Waals surface area contributed by atoms with Crippen LogP contribution >= 0.6 is 0 Å². The number of nitrogens with zero attached hydrogens (tertiary/aromatic N) is 2. The van der Waals surface area contributed by atoms with Crippen molar-refractivity contribution in [3.05, 3.63) is 80.9 Å². The summed E-state index contributed by atoms with van der Waals surface area (Å²) in [6.45, 7) is 0. The molecule has 0 radical (unpaired) electrons. The molecule has 3 rings (SSSR count). The molecule has 0 heterocycles. The van der Waals surface area contributed by atoms with Crippen LogP contribution in [0.15, 0.2) is 60.7 Å². The van der Waals surface area contributed by atoms with Gasteiger partial charge in [0.05, 0.1) is 21.6 Å². The third-order valence-corrected chi connectivity index (χ3v) is 3.74. The van der Waals surface area contributed by atoms with E-state index in [9.17, 15) is 25.0 Å². The molecule has 10 heteroatoms. The van der Waals surface area contributed by atoms with Crippen molar-refractivity contribution in [2.45, 2.75) is 0 Å². The molecule has 3 aromatic carbocycles. The Morgan fingerprint density at radius 1 is 0.852 bits per heavy atom. The van der Waals surface area contributed by atoms with E-state index in [0.29, 0.717) is 5.69 Å². The van der Waals surface area contributed by atoms with Crippen molar-refractivity contribution in [1.82, 2.24) is 5.43 Å². The summed E-state index contributed by atoms with van der Waals surface area (Å²) in [6, 6.07) is 15.3. The average molecular weight is 367 g/mol. The fourth-order valence-electron chi connectivity index (χ4n) is 2.50. The number of rotatable bonds is 5. The highest BCUT2D eigenvalue weighted by molar-refractivity contribution is 6.01. The zero-order valence-corrected chi connectivity index (χ0v) is 13.7. The summed E-state index contributed by atoms with van der Waals surface area (Å²) in [5.41, 5.74) is 4.20. The number of urea groups is 1. The Bertz CT molecular complexity index is 1050. The Kier molecular flexibility index (Phi) is 4.79. The van der Waals surface area contributed by atoms with Crippen LogP contribution in [0.3, 0.4) is 0 Å². The second-order valence-corrected chi connectivity index (χ2v) is 5.45. The third-order valence-electron chi connectivity index (χ3n) is 3.74. The summed E-state index contributed by atoms with van der Waals surface area (Å²) in [4.78, 5) is 32.4. The standard InChI is InChI=1S/C17H13N5O5/c23-17(18-14-7-3-5-11-4-1-2-6-13(11)14)20-19-15-9-8-12(21(24)25)10-16(15)22(26)27/h1-10,19H,(H2,18,20,23). The number of fused-ring (bicyclic) bond motifs is 1. The topological polar surface area (TPSA) is 139 Å². The quantitative estimate of drug-likeness (QED) is 0.463. The molecule has 27 heavy (non-hydrogen) atoms. The Morgan fingerprint density at radius 3 is 2.33 bits per heavy atom. The molecule has 0 aromatic heterocycles. The van der Waals surface area contributed by atoms with Crippen molar-refractivity contribution in [2.24, 2.45) is 0 Å². The van der Waals surface area contributed by atoms with Gasteiger partial charge in [-0.3, -0.25) is 31.1 Å². The van der Waals surface area contributed by atoms with E-state index >= 15 is 0 Å². The van der Waals surface area contributed by atoms with Crippen LogP contribution in [0.1, 0.15) is 0 Å². The number of non-ortho nitro benzene ring substituents is 1. The highest BCUT2D eigenvalue weighted by Crippen LogP contribution is 2.28. The molecule has 0 atom stereocenters. The van der Waals surface area contributed by atoms with Crippen molar-refractivity contribution >= 4 is 39.6 Å². The number of benzene rings is 3. The van der Waals surface area contributed by atoms with Crippen LogP contribution in [0.25, 0.3) is 10.8 Å². The summed E-state index contributed by atoms with van der Waals surface area (Å²) < 4.78 is 0. The second-order valence-electron chi connectivity index (χ2n) is 5.45. The molecule has 0 aliphatic rings. The van der Waals surface area contributed by atoms with Crippen LogP contribution in [0.4, 0.5) is 27.5 Å². The van der Waals surface area contributed by atoms with Crippen LogP contribution in [0.5, 0.6) is 0 Å². The van der Waals surface area contributed by atoms with Gasteiger partial charge in [-0.05, 0) is 17.5 Å². The van der Waals surface area contributed by atoms with E-state index in [0.717, 1.165) is 29.0 Å². The molecule has 0 fully saturated rings. The third kappa shape index (κ3) is 3.90. The Morgan fingerprint density at radius 2 is 1.59 bits per heavy atom. The molecule has 2 amide bonds. The maximum absolute atomic E-state index is 12.1. The molecular formula is C17H13N5O5. The number of amides is 2. The van der Waals surface area contributed by atoms with Gasteiger partial charge in [0, 0.05) is 11.5 Å². The molecule has 3 N–H and O–H groups in total. The number of nitro benzene ring substituents is 2. The van der Waals surface area contributed by atoms with E-state index in [4.69, 9.17) is 0 Å². The minimum Gasteiger partial charge on any atom is -0.306 e. The van der Waals surface area contributed by atoms with Crippen molar-refractivity contribution < 1.29 is 14.6 Å². The van der Waals surface area contributed by atoms with E-state index in [1.54, 1.807) is 12.1 Å². The lowest BCUT2D eigenvalue weighted by atomic mass is 10.1. The molecule has 0 bridgehead atoms. The lowest BCUT2D eigenvalue weighted by Gasteiger charge is -2.11. The number of nitrogens with one attached hydrogen (secondary N) is 3. The first-order valence-corrected chi connectivity index (χ1v) is 7.69. The van der Waals surface area contributed by atoms with Crippen LogP contribution in [-0.4, -0.2) is 15.9 Å². The highest BCUT2D eigenvalue weighted by atomic mass is 16.6. The minimum absolute atomic E-state index is 0.0846. The minimum atomic E-state index is -0.778. The fraction of sp³-hybridized carbons (Fsp3) is 0. The number of nitro groups is 2. The van der Waals surface area contributed by atoms with Crippen molar-refractivity contribution in [3.63, 3.8) is 0 Å². The molecule has 0 unspecified atom stereocenters. The van der Waals surface area contributed by atoms with Gasteiger partial charge in [0.2, 0.25) is 0 Å². The molecule has 0 spiro atoms. The number of anilines is 2. The first-order chi connectivity index (χ1) is 13.0. The largest absolute Gasteiger partial charge is 0.337 e. The highest BCUT2D eigenvalue weighted by Gasteiger charge is 2.19. The van der Waals surface area contributed by atoms with Crippen molar-refractivity contribution in [1.29, 1.82) is 0 Å². The average Bonchev–Trinajstić information content (AvgIpc) is 2.66. The summed E-state index contributed by atoms with van der Waals surface area (Å²) >= 11 is 0. The predicted molar refractivity (Wildman–Crippen MR) is 99.5 cm³/mol. The number of hydrazine groups is 1. The van der Waals surface area contributed by atoms with Gasteiger partial charge in [0.25, 0.3) is 5.69 Å². The van der Waals surface area contributed by atoms with Gasteiger partial charge in [-0.15, -0.1) is 0 Å². The molecule has 0 saturated heterocycles. The zero-order valence-electron chi connectivity index (χ0n) is 13.7. The lowest BCUT2D eigenvalue weighted by molar-refractivity contribution is -0.393. The normalized spacial score (nSPS) is 10.2. The first-order valence-electron chi connectivity index (χ1n) is 7.69. The van der Waals surface area contributed by atoms with Gasteiger partial charge in [-0.25, -0.2) is 4.79 Å². The second kappa shape index (κ2) is 7.35. The van der Waals surface area contributed by atoms with Gasteiger partial charge >= 0.3 is 11.7 Å². The van der Waals surface area contributed by atoms with Crippen molar-refractivity contribution in [3.8, 4) is 0 Å². The molecule has 0 saturated carbocycles. The SMILES string of the molecule is O=C(NNc1ccc([N+](=O)[O-])cc1[N+](=O)[O-])Nc1cccc2ccccc12. The van der Waals surface area contributed by atoms with Crippen LogP contribution < -0.4 is 16.2 Å². The zero-order chi connectivity index (χ0) is 19.4. The van der Waals surface area contributed by atoms with E-state index in [1.807, 2.05) is 30.3 Å². The molecule has 10 nitrogen and oxygen atoms in total. The van der Waals surface area contributed by atoms with E-state index < -0.39 is 27.3 Å². The van der Waals surface area contributed by atoms with Gasteiger partial charge in [-0.1, -0.05) is 36.4 Å². The Hall–Kier alpha value is -4.21. The monoisotopic (exact) mass is 367 g/mol. The molecule has 0 aliphatic heterocycles. The Balaban J connectivity index is 1.74. The lowest BCUT2D eigenvalue weighted by Crippen LogP contribution is -2.33. The van der Waals surface area contributed by atoms with Crippen LogP contribution in [0, 0.1) is 20.2 Å². The molecule has 3 aromatic rings. The van der Waals surface area contributed by atoms with Gasteiger partial charge in [-0.2, -0.15) is 0 Å². The summed E-state index contributed by atoms with van der Waals surface area (Å²) in [7, 11) is 0. The van der Waals surface area contributed by atoms with Crippen LogP contribution in [-0.2, 0) is 0 Å². The fourth-order valence-corrected chi connectivity index (χ4v) is 2.50. The Labute approximate surface area is 152 Å². The molecule has 0 aliphatic carbocycles. The van der Waals surface area contributed by atoms with Crippen molar-refractivity contribution in [2.75, 3.05) is 10.7 Å². The van der Waals surface area contributed by atoms with E-state index in [-0.39, 0.29) is 5.69 Å².